The summed E-state index contributed by atoms with van der Waals surface area (Å²) in [6.45, 7) is 2.67. The van der Waals surface area contributed by atoms with Crippen LogP contribution >= 0.6 is 33.9 Å². The molecule has 0 bridgehead atoms. The second kappa shape index (κ2) is 6.32. The number of carbonyl (C=O) groups is 1. The molecule has 1 aromatic rings. The first-order valence-corrected chi connectivity index (χ1v) is 9.57. The molecule has 21 heavy (non-hydrogen) atoms. The molecule has 1 unspecified atom stereocenters. The summed E-state index contributed by atoms with van der Waals surface area (Å²) >= 11 is 11.8. The molecular weight excluding hydrogens is 357 g/mol. The molecule has 4 nitrogen and oxygen atoms in total. The standard InChI is InChI=1S/C13H14Cl3NO3S/c1-2-9-4-3-5-17(9)13(18)8-6-10(14)12(15)11(7-8)21(16,19)20/h6-7,9H,2-5H2,1H3. The summed E-state index contributed by atoms with van der Waals surface area (Å²) in [4.78, 5) is 13.9. The van der Waals surface area contributed by atoms with E-state index in [1.807, 2.05) is 6.92 Å². The third-order valence-corrected chi connectivity index (χ3v) is 5.87. The van der Waals surface area contributed by atoms with Gasteiger partial charge in [0.15, 0.2) is 0 Å². The van der Waals surface area contributed by atoms with Crippen LogP contribution < -0.4 is 0 Å². The molecule has 0 aliphatic carbocycles. The van der Waals surface area contributed by atoms with Crippen molar-refractivity contribution in [1.82, 2.24) is 4.90 Å². The van der Waals surface area contributed by atoms with Crippen LogP contribution in [0.25, 0.3) is 0 Å². The lowest BCUT2D eigenvalue weighted by Gasteiger charge is -2.24. The number of likely N-dealkylation sites (tertiary alicyclic amines) is 1. The Labute approximate surface area is 138 Å². The van der Waals surface area contributed by atoms with Crippen molar-refractivity contribution in [1.29, 1.82) is 0 Å². The first-order chi connectivity index (χ1) is 9.75. The molecule has 0 N–H and O–H groups in total. The van der Waals surface area contributed by atoms with Gasteiger partial charge in [-0.05, 0) is 31.4 Å². The molecule has 1 amide bonds. The van der Waals surface area contributed by atoms with Gasteiger partial charge >= 0.3 is 0 Å². The minimum Gasteiger partial charge on any atom is -0.336 e. The average Bonchev–Trinajstić information content (AvgIpc) is 2.87. The Kier molecular flexibility index (Phi) is 5.08. The van der Waals surface area contributed by atoms with Gasteiger partial charge in [0.1, 0.15) is 4.90 Å². The third kappa shape index (κ3) is 3.47. The van der Waals surface area contributed by atoms with Crippen LogP contribution in [-0.2, 0) is 9.05 Å². The van der Waals surface area contributed by atoms with E-state index in [9.17, 15) is 13.2 Å². The first-order valence-electron chi connectivity index (χ1n) is 6.50. The van der Waals surface area contributed by atoms with E-state index < -0.39 is 9.05 Å². The number of carbonyl (C=O) groups excluding carboxylic acids is 1. The van der Waals surface area contributed by atoms with Gasteiger partial charge in [-0.25, -0.2) is 8.42 Å². The first kappa shape index (κ1) is 16.9. The number of nitrogens with zero attached hydrogens (tertiary/aromatic N) is 1. The fraction of sp³-hybridized carbons (Fsp3) is 0.462. The molecule has 1 atom stereocenters. The maximum atomic E-state index is 12.5. The van der Waals surface area contributed by atoms with E-state index in [-0.39, 0.29) is 32.5 Å². The van der Waals surface area contributed by atoms with Crippen LogP contribution in [0.15, 0.2) is 17.0 Å². The SMILES string of the molecule is CCC1CCCN1C(=O)c1cc(Cl)c(Cl)c(S(=O)(=O)Cl)c1. The summed E-state index contributed by atoms with van der Waals surface area (Å²) in [5, 5.41) is -0.175. The van der Waals surface area contributed by atoms with Crippen molar-refractivity contribution in [2.24, 2.45) is 0 Å². The zero-order valence-electron chi connectivity index (χ0n) is 11.3. The molecule has 1 aromatic carbocycles. The van der Waals surface area contributed by atoms with Gasteiger partial charge < -0.3 is 4.90 Å². The second-order valence-corrected chi connectivity index (χ2v) is 8.23. The van der Waals surface area contributed by atoms with Gasteiger partial charge in [0.2, 0.25) is 0 Å². The molecule has 1 saturated heterocycles. The monoisotopic (exact) mass is 369 g/mol. The van der Waals surface area contributed by atoms with E-state index in [1.54, 1.807) is 4.90 Å². The van der Waals surface area contributed by atoms with E-state index in [2.05, 4.69) is 0 Å². The van der Waals surface area contributed by atoms with Crippen molar-refractivity contribution in [3.63, 3.8) is 0 Å². The van der Waals surface area contributed by atoms with Crippen LogP contribution in [0.5, 0.6) is 0 Å². The van der Waals surface area contributed by atoms with Crippen LogP contribution in [0.3, 0.4) is 0 Å². The highest BCUT2D eigenvalue weighted by Crippen LogP contribution is 2.34. The fourth-order valence-electron chi connectivity index (χ4n) is 2.56. The summed E-state index contributed by atoms with van der Waals surface area (Å²) in [5.74, 6) is -0.250. The number of hydrogen-bond donors (Lipinski definition) is 0. The van der Waals surface area contributed by atoms with Gasteiger partial charge in [-0.1, -0.05) is 30.1 Å². The van der Waals surface area contributed by atoms with Crippen LogP contribution in [0.1, 0.15) is 36.5 Å². The Hall–Kier alpha value is -0.490. The highest BCUT2D eigenvalue weighted by atomic mass is 35.7. The van der Waals surface area contributed by atoms with E-state index >= 15 is 0 Å². The number of benzene rings is 1. The summed E-state index contributed by atoms with van der Waals surface area (Å²) in [6, 6.07) is 2.73. The Balaban J connectivity index is 2.45. The van der Waals surface area contributed by atoms with Crippen molar-refractivity contribution in [3.05, 3.63) is 27.7 Å². The predicted molar refractivity (Wildman–Crippen MR) is 83.9 cm³/mol. The van der Waals surface area contributed by atoms with E-state index in [4.69, 9.17) is 33.9 Å². The lowest BCUT2D eigenvalue weighted by atomic mass is 10.1. The van der Waals surface area contributed by atoms with Gasteiger partial charge in [-0.3, -0.25) is 4.79 Å². The molecule has 1 heterocycles. The maximum Gasteiger partial charge on any atom is 0.262 e. The van der Waals surface area contributed by atoms with Gasteiger partial charge in [0, 0.05) is 28.8 Å². The molecule has 1 fully saturated rings. The zero-order valence-corrected chi connectivity index (χ0v) is 14.4. The van der Waals surface area contributed by atoms with Crippen LogP contribution in [0, 0.1) is 0 Å². The highest BCUT2D eigenvalue weighted by molar-refractivity contribution is 8.13. The quantitative estimate of drug-likeness (QED) is 0.757. The average molecular weight is 371 g/mol. The molecule has 116 valence electrons. The summed E-state index contributed by atoms with van der Waals surface area (Å²) < 4.78 is 23.0. The number of halogens is 3. The zero-order chi connectivity index (χ0) is 15.8. The van der Waals surface area contributed by atoms with Gasteiger partial charge in [0.25, 0.3) is 15.0 Å². The summed E-state index contributed by atoms with van der Waals surface area (Å²) in [6.07, 6.45) is 2.74. The molecule has 1 aliphatic heterocycles. The minimum absolute atomic E-state index is 0.00557. The van der Waals surface area contributed by atoms with Crippen molar-refractivity contribution in [3.8, 4) is 0 Å². The Morgan fingerprint density at radius 3 is 2.62 bits per heavy atom. The fourth-order valence-corrected chi connectivity index (χ4v) is 4.32. The van der Waals surface area contributed by atoms with Gasteiger partial charge in [0.05, 0.1) is 10.0 Å². The molecule has 8 heteroatoms. The van der Waals surface area contributed by atoms with Gasteiger partial charge in [-0.15, -0.1) is 0 Å². The molecular formula is C13H14Cl3NO3S. The Bertz CT molecular complexity index is 675. The van der Waals surface area contributed by atoms with E-state index in [0.29, 0.717) is 6.54 Å². The van der Waals surface area contributed by atoms with Crippen molar-refractivity contribution in [2.75, 3.05) is 6.54 Å². The summed E-state index contributed by atoms with van der Waals surface area (Å²) in [5.41, 5.74) is 0.184. The number of hydrogen-bond acceptors (Lipinski definition) is 3. The summed E-state index contributed by atoms with van der Waals surface area (Å²) in [7, 11) is 1.26. The highest BCUT2D eigenvalue weighted by Gasteiger charge is 2.29. The van der Waals surface area contributed by atoms with Crippen molar-refractivity contribution < 1.29 is 13.2 Å². The Morgan fingerprint density at radius 2 is 2.05 bits per heavy atom. The topological polar surface area (TPSA) is 54.5 Å². The lowest BCUT2D eigenvalue weighted by Crippen LogP contribution is -2.35. The van der Waals surface area contributed by atoms with Crippen LogP contribution in [0.2, 0.25) is 10.0 Å². The normalized spacial score (nSPS) is 19.0. The van der Waals surface area contributed by atoms with E-state index in [0.717, 1.165) is 19.3 Å². The van der Waals surface area contributed by atoms with Gasteiger partial charge in [-0.2, -0.15) is 0 Å². The van der Waals surface area contributed by atoms with Crippen LogP contribution in [0.4, 0.5) is 0 Å². The van der Waals surface area contributed by atoms with Crippen molar-refractivity contribution in [2.45, 2.75) is 37.1 Å². The molecule has 0 aromatic heterocycles. The second-order valence-electron chi connectivity index (χ2n) is 4.91. The minimum atomic E-state index is -4.07. The molecule has 0 radical (unpaired) electrons. The Morgan fingerprint density at radius 1 is 1.38 bits per heavy atom. The number of amides is 1. The smallest absolute Gasteiger partial charge is 0.262 e. The lowest BCUT2D eigenvalue weighted by molar-refractivity contribution is 0.0733. The maximum absolute atomic E-state index is 12.5. The molecule has 2 rings (SSSR count). The van der Waals surface area contributed by atoms with Crippen molar-refractivity contribution >= 4 is 48.8 Å². The third-order valence-electron chi connectivity index (χ3n) is 3.61. The predicted octanol–water partition coefficient (Wildman–Crippen LogP) is 3.94. The van der Waals surface area contributed by atoms with E-state index in [1.165, 1.54) is 12.1 Å². The molecule has 1 aliphatic rings. The van der Waals surface area contributed by atoms with Crippen LogP contribution in [-0.4, -0.2) is 31.8 Å². The number of rotatable bonds is 3. The largest absolute Gasteiger partial charge is 0.336 e. The molecule has 0 spiro atoms. The molecule has 0 saturated carbocycles.